The van der Waals surface area contributed by atoms with E-state index in [1.54, 1.807) is 25.4 Å². The Hall–Kier alpha value is -2.80. The second-order valence-corrected chi connectivity index (χ2v) is 6.68. The zero-order chi connectivity index (χ0) is 18.6. The van der Waals surface area contributed by atoms with Crippen LogP contribution in [0.2, 0.25) is 0 Å². The van der Waals surface area contributed by atoms with E-state index in [2.05, 4.69) is 20.0 Å². The van der Waals surface area contributed by atoms with Crippen molar-refractivity contribution in [3.8, 4) is 17.3 Å². The van der Waals surface area contributed by atoms with Crippen LogP contribution in [-0.4, -0.2) is 40.2 Å². The molecule has 7 heteroatoms. The lowest BCUT2D eigenvalue weighted by Gasteiger charge is -2.30. The minimum Gasteiger partial charge on any atom is -0.496 e. The van der Waals surface area contributed by atoms with E-state index in [9.17, 15) is 4.39 Å². The number of hydrogen-bond donors (Lipinski definition) is 0. The van der Waals surface area contributed by atoms with Gasteiger partial charge in [0.2, 0.25) is 11.7 Å². The second-order valence-electron chi connectivity index (χ2n) is 6.68. The standard InChI is InChI=1S/C20H21FN4O2/c1-26-18-6-5-16(21)12-15(18)13-25-10-7-14(8-11-25)20-23-19(24-27-20)17-4-2-3-9-22-17/h2-6,9,12,14H,7-8,10-11,13H2,1H3. The second kappa shape index (κ2) is 7.84. The van der Waals surface area contributed by atoms with Crippen LogP contribution in [0.3, 0.4) is 0 Å². The number of benzene rings is 1. The van der Waals surface area contributed by atoms with Crippen LogP contribution in [-0.2, 0) is 6.54 Å². The third-order valence-corrected chi connectivity index (χ3v) is 4.91. The molecule has 3 heterocycles. The van der Waals surface area contributed by atoms with E-state index < -0.39 is 0 Å². The number of ether oxygens (including phenoxy) is 1. The molecule has 4 rings (SSSR count). The van der Waals surface area contributed by atoms with Crippen molar-refractivity contribution in [2.24, 2.45) is 0 Å². The average Bonchev–Trinajstić information content (AvgIpc) is 3.20. The van der Waals surface area contributed by atoms with E-state index >= 15 is 0 Å². The molecule has 1 aliphatic rings. The highest BCUT2D eigenvalue weighted by Crippen LogP contribution is 2.30. The average molecular weight is 368 g/mol. The molecule has 1 aromatic carbocycles. The summed E-state index contributed by atoms with van der Waals surface area (Å²) in [7, 11) is 1.61. The molecule has 2 aromatic heterocycles. The van der Waals surface area contributed by atoms with Crippen molar-refractivity contribution < 1.29 is 13.7 Å². The summed E-state index contributed by atoms with van der Waals surface area (Å²) in [5, 5.41) is 4.06. The smallest absolute Gasteiger partial charge is 0.230 e. The van der Waals surface area contributed by atoms with Gasteiger partial charge in [-0.05, 0) is 56.3 Å². The van der Waals surface area contributed by atoms with Crippen molar-refractivity contribution >= 4 is 0 Å². The van der Waals surface area contributed by atoms with E-state index in [-0.39, 0.29) is 11.7 Å². The Morgan fingerprint density at radius 3 is 2.81 bits per heavy atom. The van der Waals surface area contributed by atoms with Crippen LogP contribution in [0.25, 0.3) is 11.5 Å². The Labute approximate surface area is 157 Å². The van der Waals surface area contributed by atoms with Crippen LogP contribution in [0, 0.1) is 5.82 Å². The summed E-state index contributed by atoms with van der Waals surface area (Å²) < 4.78 is 24.4. The lowest BCUT2D eigenvalue weighted by molar-refractivity contribution is 0.186. The Morgan fingerprint density at radius 1 is 1.22 bits per heavy atom. The molecule has 1 aliphatic heterocycles. The van der Waals surface area contributed by atoms with E-state index in [0.717, 1.165) is 37.2 Å². The molecule has 3 aromatic rings. The molecule has 0 spiro atoms. The van der Waals surface area contributed by atoms with Gasteiger partial charge in [0.05, 0.1) is 7.11 Å². The molecule has 0 radical (unpaired) electrons. The Morgan fingerprint density at radius 2 is 2.07 bits per heavy atom. The van der Waals surface area contributed by atoms with Crippen LogP contribution >= 0.6 is 0 Å². The number of hydrogen-bond acceptors (Lipinski definition) is 6. The molecule has 0 amide bonds. The van der Waals surface area contributed by atoms with Crippen molar-refractivity contribution in [2.75, 3.05) is 20.2 Å². The topological polar surface area (TPSA) is 64.3 Å². The fourth-order valence-electron chi connectivity index (χ4n) is 3.45. The largest absolute Gasteiger partial charge is 0.496 e. The predicted octanol–water partition coefficient (Wildman–Crippen LogP) is 3.66. The van der Waals surface area contributed by atoms with Gasteiger partial charge >= 0.3 is 0 Å². The van der Waals surface area contributed by atoms with Gasteiger partial charge in [-0.15, -0.1) is 0 Å². The SMILES string of the molecule is COc1ccc(F)cc1CN1CCC(c2nc(-c3ccccn3)no2)CC1. The van der Waals surface area contributed by atoms with E-state index in [1.807, 2.05) is 18.2 Å². The summed E-state index contributed by atoms with van der Waals surface area (Å²) in [6, 6.07) is 10.3. The minimum atomic E-state index is -0.242. The minimum absolute atomic E-state index is 0.237. The van der Waals surface area contributed by atoms with E-state index in [4.69, 9.17) is 9.26 Å². The maximum absolute atomic E-state index is 13.6. The first-order valence-corrected chi connectivity index (χ1v) is 9.02. The van der Waals surface area contributed by atoms with Gasteiger partial charge in [0, 0.05) is 24.2 Å². The van der Waals surface area contributed by atoms with Crippen molar-refractivity contribution in [3.63, 3.8) is 0 Å². The van der Waals surface area contributed by atoms with Crippen LogP contribution in [0.5, 0.6) is 5.75 Å². The number of methoxy groups -OCH3 is 1. The summed E-state index contributed by atoms with van der Waals surface area (Å²) in [4.78, 5) is 11.1. The molecule has 0 N–H and O–H groups in total. The third-order valence-electron chi connectivity index (χ3n) is 4.91. The normalized spacial score (nSPS) is 15.8. The Bertz CT molecular complexity index is 892. The highest BCUT2D eigenvalue weighted by atomic mass is 19.1. The Kier molecular flexibility index (Phi) is 5.11. The number of rotatable bonds is 5. The van der Waals surface area contributed by atoms with Gasteiger partial charge in [-0.3, -0.25) is 9.88 Å². The van der Waals surface area contributed by atoms with Crippen molar-refractivity contribution in [2.45, 2.75) is 25.3 Å². The molecule has 0 atom stereocenters. The summed E-state index contributed by atoms with van der Waals surface area (Å²) in [6.07, 6.45) is 3.55. The highest BCUT2D eigenvalue weighted by Gasteiger charge is 2.26. The zero-order valence-corrected chi connectivity index (χ0v) is 15.1. The number of likely N-dealkylation sites (tertiary alicyclic amines) is 1. The van der Waals surface area contributed by atoms with Gasteiger partial charge in [-0.1, -0.05) is 11.2 Å². The summed E-state index contributed by atoms with van der Waals surface area (Å²) in [5.41, 5.74) is 1.58. The first-order valence-electron chi connectivity index (χ1n) is 9.02. The van der Waals surface area contributed by atoms with Gasteiger partial charge in [0.1, 0.15) is 17.3 Å². The molecular weight excluding hydrogens is 347 g/mol. The number of pyridine rings is 1. The quantitative estimate of drug-likeness (QED) is 0.685. The fraction of sp³-hybridized carbons (Fsp3) is 0.350. The van der Waals surface area contributed by atoms with Crippen LogP contribution in [0.15, 0.2) is 47.1 Å². The van der Waals surface area contributed by atoms with Gasteiger partial charge in [0.15, 0.2) is 0 Å². The molecule has 6 nitrogen and oxygen atoms in total. The maximum Gasteiger partial charge on any atom is 0.230 e. The highest BCUT2D eigenvalue weighted by molar-refractivity contribution is 5.47. The Balaban J connectivity index is 1.38. The van der Waals surface area contributed by atoms with Gasteiger partial charge in [-0.2, -0.15) is 4.98 Å². The summed E-state index contributed by atoms with van der Waals surface area (Å²) in [6.45, 7) is 2.42. The molecule has 0 bridgehead atoms. The van der Waals surface area contributed by atoms with Crippen LogP contribution in [0.4, 0.5) is 4.39 Å². The summed E-state index contributed by atoms with van der Waals surface area (Å²) in [5.74, 6) is 1.90. The summed E-state index contributed by atoms with van der Waals surface area (Å²) >= 11 is 0. The number of piperidine rings is 1. The number of aromatic nitrogens is 3. The van der Waals surface area contributed by atoms with Gasteiger partial charge in [-0.25, -0.2) is 4.39 Å². The number of halogens is 1. The molecule has 27 heavy (non-hydrogen) atoms. The van der Waals surface area contributed by atoms with Gasteiger partial charge in [0.25, 0.3) is 0 Å². The molecule has 0 aliphatic carbocycles. The lowest BCUT2D eigenvalue weighted by atomic mass is 9.96. The zero-order valence-electron chi connectivity index (χ0n) is 15.1. The first-order chi connectivity index (χ1) is 13.2. The predicted molar refractivity (Wildman–Crippen MR) is 97.7 cm³/mol. The molecular formula is C20H21FN4O2. The van der Waals surface area contributed by atoms with Gasteiger partial charge < -0.3 is 9.26 Å². The molecule has 1 saturated heterocycles. The van der Waals surface area contributed by atoms with Crippen LogP contribution in [0.1, 0.15) is 30.2 Å². The number of nitrogens with zero attached hydrogens (tertiary/aromatic N) is 4. The molecule has 0 saturated carbocycles. The third kappa shape index (κ3) is 3.98. The molecule has 140 valence electrons. The molecule has 0 unspecified atom stereocenters. The van der Waals surface area contributed by atoms with E-state index in [1.165, 1.54) is 6.07 Å². The van der Waals surface area contributed by atoms with Crippen molar-refractivity contribution in [1.82, 2.24) is 20.0 Å². The fourth-order valence-corrected chi connectivity index (χ4v) is 3.45. The monoisotopic (exact) mass is 368 g/mol. The van der Waals surface area contributed by atoms with E-state index in [0.29, 0.717) is 24.0 Å². The van der Waals surface area contributed by atoms with Crippen molar-refractivity contribution in [1.29, 1.82) is 0 Å². The molecule has 1 fully saturated rings. The van der Waals surface area contributed by atoms with Crippen LogP contribution < -0.4 is 4.74 Å². The lowest BCUT2D eigenvalue weighted by Crippen LogP contribution is -2.32. The van der Waals surface area contributed by atoms with Crippen molar-refractivity contribution in [3.05, 3.63) is 59.9 Å². The first kappa shape index (κ1) is 17.6. The maximum atomic E-state index is 13.6.